The fourth-order valence-corrected chi connectivity index (χ4v) is 13.0. The third-order valence-electron chi connectivity index (χ3n) is 12.5. The van der Waals surface area contributed by atoms with Crippen molar-refractivity contribution in [3.8, 4) is 17.2 Å². The van der Waals surface area contributed by atoms with Crippen molar-refractivity contribution in [3.05, 3.63) is 65.4 Å². The molecule has 0 spiro atoms. The van der Waals surface area contributed by atoms with Gasteiger partial charge in [0, 0.05) is 110 Å². The predicted molar refractivity (Wildman–Crippen MR) is 246 cm³/mol. The van der Waals surface area contributed by atoms with Gasteiger partial charge in [0.15, 0.2) is 30.4 Å². The lowest BCUT2D eigenvalue weighted by atomic mass is 9.89. The molecule has 7 rings (SSSR count). The molecule has 3 aromatic rings. The summed E-state index contributed by atoms with van der Waals surface area (Å²) in [6.45, 7) is 2.93. The molecule has 2 fully saturated rings. The number of ether oxygens (including phenoxy) is 3. The van der Waals surface area contributed by atoms with Crippen LogP contribution in [0.15, 0.2) is 63.7 Å². The first-order chi connectivity index (χ1) is 30.3. The van der Waals surface area contributed by atoms with Crippen molar-refractivity contribution >= 4 is 70.2 Å². The summed E-state index contributed by atoms with van der Waals surface area (Å²) in [5.74, 6) is 0.411. The van der Waals surface area contributed by atoms with Crippen molar-refractivity contribution in [3.63, 3.8) is 0 Å². The van der Waals surface area contributed by atoms with Gasteiger partial charge in [-0.1, -0.05) is 16.9 Å². The number of hydrogen-bond donors (Lipinski definition) is 0. The van der Waals surface area contributed by atoms with Crippen LogP contribution in [0.2, 0.25) is 0 Å². The van der Waals surface area contributed by atoms with Gasteiger partial charge in [-0.3, -0.25) is 29.0 Å². The molecule has 3 heterocycles. The quantitative estimate of drug-likeness (QED) is 0.0608. The largest absolute Gasteiger partial charge is 0.493 e. The van der Waals surface area contributed by atoms with E-state index in [1.165, 1.54) is 7.11 Å². The SMILES string of the molecule is COc1cc2c(cc1OCCP(=O)(CCOc1cc3c(cc1C)C(=O)C1C[C@@H](F)C[C@H]1C=N3)N(C)CCCN(C)C(=O)CCCSSc1ccccn1)N=C[C@@H]1C[C@H](F)CC1C2=O. The Morgan fingerprint density at radius 3 is 2.06 bits per heavy atom. The van der Waals surface area contributed by atoms with E-state index in [-0.39, 0.29) is 80.5 Å². The lowest BCUT2D eigenvalue weighted by Gasteiger charge is -2.29. The third-order valence-corrected chi connectivity index (χ3v) is 18.1. The molecule has 2 aromatic carbocycles. The second-order valence-electron chi connectivity index (χ2n) is 16.8. The average molecular weight is 924 g/mol. The highest BCUT2D eigenvalue weighted by Gasteiger charge is 2.42. The zero-order valence-electron chi connectivity index (χ0n) is 36.3. The number of aromatic nitrogens is 1. The van der Waals surface area contributed by atoms with Gasteiger partial charge in [0.1, 0.15) is 23.1 Å². The molecule has 1 aromatic heterocycles. The number of amides is 1. The fraction of sp³-hybridized carbons (Fsp3) is 0.522. The monoisotopic (exact) mass is 923 g/mol. The maximum Gasteiger partial charge on any atom is 0.222 e. The van der Waals surface area contributed by atoms with Crippen LogP contribution >= 0.6 is 28.9 Å². The summed E-state index contributed by atoms with van der Waals surface area (Å²) in [6.07, 6.45) is 6.10. The van der Waals surface area contributed by atoms with E-state index in [0.29, 0.717) is 65.7 Å². The molecule has 0 saturated heterocycles. The number of alkyl halides is 2. The Kier molecular flexibility index (Phi) is 15.8. The molecule has 3 unspecified atom stereocenters. The van der Waals surface area contributed by atoms with Crippen LogP contribution in [0.1, 0.15) is 71.2 Å². The Balaban J connectivity index is 0.988. The molecule has 0 N–H and O–H groups in total. The highest BCUT2D eigenvalue weighted by atomic mass is 33.1. The predicted octanol–water partition coefficient (Wildman–Crippen LogP) is 9.66. The standard InChI is InChI=1S/C46H56F2N5O7PS2/c1-29-19-36-38(50-27-30-20-32(47)22-34(30)45(36)55)25-40(29)59-14-16-61(57,53(3)13-8-12-52(2)44(54)10-7-18-62-63-43-9-5-6-11-49-43)17-15-60-42-26-39-37(24-41(42)58-4)46(56)35-23-33(48)21-31(35)28-51-39/h5-6,9,11,19,24-28,30-35H,7-8,10,12-18,20-23H2,1-4H3/t30-,31-,32-,33-,34?,35?,61?/m0/s1. The van der Waals surface area contributed by atoms with Crippen LogP contribution in [0.3, 0.4) is 0 Å². The number of ketones is 2. The second kappa shape index (κ2) is 21.3. The van der Waals surface area contributed by atoms with Crippen molar-refractivity contribution < 1.29 is 41.9 Å². The number of carbonyl (C=O) groups is 3. The third kappa shape index (κ3) is 11.4. The maximum atomic E-state index is 15.0. The smallest absolute Gasteiger partial charge is 0.222 e. The van der Waals surface area contributed by atoms with Crippen LogP contribution in [0.4, 0.5) is 20.2 Å². The number of benzene rings is 2. The van der Waals surface area contributed by atoms with E-state index in [0.717, 1.165) is 22.8 Å². The number of Topliss-reactive ketones (excluding diaryl/α,β-unsaturated/α-hetero) is 2. The normalized spacial score (nSPS) is 23.3. The minimum Gasteiger partial charge on any atom is -0.493 e. The first-order valence-corrected chi connectivity index (χ1v) is 26.0. The van der Waals surface area contributed by atoms with Gasteiger partial charge >= 0.3 is 0 Å². The molecule has 7 atom stereocenters. The summed E-state index contributed by atoms with van der Waals surface area (Å²) in [5, 5.41) is 0.935. The Morgan fingerprint density at radius 2 is 1.44 bits per heavy atom. The molecule has 2 aliphatic carbocycles. The summed E-state index contributed by atoms with van der Waals surface area (Å²) in [7, 11) is 5.17. The number of aryl methyl sites for hydroxylation is 1. The van der Waals surface area contributed by atoms with E-state index in [2.05, 4.69) is 15.0 Å². The average Bonchev–Trinajstić information content (AvgIpc) is 3.79. The zero-order chi connectivity index (χ0) is 44.7. The first-order valence-electron chi connectivity index (χ1n) is 21.6. The van der Waals surface area contributed by atoms with Crippen LogP contribution in [0, 0.1) is 30.6 Å². The van der Waals surface area contributed by atoms with Gasteiger partial charge < -0.3 is 23.7 Å². The van der Waals surface area contributed by atoms with Crippen LogP contribution in [0.25, 0.3) is 0 Å². The van der Waals surface area contributed by atoms with E-state index in [1.54, 1.807) is 76.4 Å². The Morgan fingerprint density at radius 1 is 0.825 bits per heavy atom. The first kappa shape index (κ1) is 46.9. The van der Waals surface area contributed by atoms with Gasteiger partial charge in [0.05, 0.1) is 31.7 Å². The molecule has 2 aliphatic heterocycles. The topological polar surface area (TPSA) is 140 Å². The molecule has 0 radical (unpaired) electrons. The van der Waals surface area contributed by atoms with E-state index in [1.807, 2.05) is 36.8 Å². The number of methoxy groups -OCH3 is 1. The zero-order valence-corrected chi connectivity index (χ0v) is 38.8. The van der Waals surface area contributed by atoms with E-state index in [4.69, 9.17) is 14.2 Å². The number of halogens is 2. The fourth-order valence-electron chi connectivity index (χ4n) is 8.82. The summed E-state index contributed by atoms with van der Waals surface area (Å²) < 4.78 is 63.4. The molecule has 0 bridgehead atoms. The van der Waals surface area contributed by atoms with Gasteiger partial charge in [0.25, 0.3) is 0 Å². The van der Waals surface area contributed by atoms with Gasteiger partial charge in [-0.15, -0.1) is 0 Å². The van der Waals surface area contributed by atoms with E-state index >= 15 is 4.57 Å². The van der Waals surface area contributed by atoms with Crippen molar-refractivity contribution in [1.82, 2.24) is 14.6 Å². The number of fused-ring (bicyclic) bond motifs is 4. The number of hydrogen-bond acceptors (Lipinski definition) is 12. The molecule has 338 valence electrons. The molecule has 1 amide bonds. The minimum atomic E-state index is -3.18. The van der Waals surface area contributed by atoms with Crippen LogP contribution in [0.5, 0.6) is 17.2 Å². The lowest BCUT2D eigenvalue weighted by molar-refractivity contribution is -0.129. The Bertz CT molecular complexity index is 2250. The van der Waals surface area contributed by atoms with Crippen molar-refractivity contribution in [2.24, 2.45) is 33.7 Å². The molecular formula is C46H56F2N5O7PS2. The van der Waals surface area contributed by atoms with Crippen molar-refractivity contribution in [2.75, 3.05) is 65.6 Å². The summed E-state index contributed by atoms with van der Waals surface area (Å²) >= 11 is 0. The van der Waals surface area contributed by atoms with Gasteiger partial charge in [0.2, 0.25) is 5.91 Å². The van der Waals surface area contributed by atoms with Crippen LogP contribution < -0.4 is 14.2 Å². The molecule has 4 aliphatic rings. The summed E-state index contributed by atoms with van der Waals surface area (Å²) in [5.41, 5.74) is 2.45. The Hall–Kier alpha value is -4.11. The van der Waals surface area contributed by atoms with Gasteiger partial charge in [-0.05, 0) is 93.1 Å². The number of pyridine rings is 1. The number of rotatable bonds is 20. The molecular weight excluding hydrogens is 868 g/mol. The van der Waals surface area contributed by atoms with E-state index in [9.17, 15) is 23.2 Å². The van der Waals surface area contributed by atoms with Gasteiger partial charge in [-0.25, -0.2) is 13.8 Å². The summed E-state index contributed by atoms with van der Waals surface area (Å²) in [6, 6.07) is 12.5. The highest BCUT2D eigenvalue weighted by molar-refractivity contribution is 8.76. The van der Waals surface area contributed by atoms with Gasteiger partial charge in [-0.2, -0.15) is 0 Å². The van der Waals surface area contributed by atoms with Crippen molar-refractivity contribution in [2.45, 2.75) is 69.2 Å². The molecule has 63 heavy (non-hydrogen) atoms. The minimum absolute atomic E-state index is 0.0506. The number of carbonyl (C=O) groups excluding carboxylic acids is 3. The molecule has 17 heteroatoms. The number of nitrogens with zero attached hydrogens (tertiary/aromatic N) is 5. The number of aliphatic imine (C=N–C) groups is 2. The van der Waals surface area contributed by atoms with Crippen LogP contribution in [-0.2, 0) is 9.36 Å². The van der Waals surface area contributed by atoms with Crippen molar-refractivity contribution in [1.29, 1.82) is 0 Å². The molecule has 12 nitrogen and oxygen atoms in total. The maximum absolute atomic E-state index is 15.0. The van der Waals surface area contributed by atoms with Crippen LogP contribution in [-0.4, -0.2) is 122 Å². The highest BCUT2D eigenvalue weighted by Crippen LogP contribution is 2.49. The summed E-state index contributed by atoms with van der Waals surface area (Å²) in [4.78, 5) is 55.0. The second-order valence-corrected chi connectivity index (χ2v) is 22.5. The lowest BCUT2D eigenvalue weighted by Crippen LogP contribution is -2.31. The molecule has 2 saturated carbocycles. The Labute approximate surface area is 376 Å². The van der Waals surface area contributed by atoms with E-state index < -0.39 is 31.5 Å².